The average Bonchev–Trinajstić information content (AvgIpc) is 3.06. The van der Waals surface area contributed by atoms with Crippen molar-refractivity contribution in [2.75, 3.05) is 0 Å². The maximum Gasteiger partial charge on any atom is 0.284 e. The van der Waals surface area contributed by atoms with Crippen molar-refractivity contribution in [2.45, 2.75) is 4.90 Å². The van der Waals surface area contributed by atoms with Gasteiger partial charge in [0.05, 0.1) is 9.82 Å². The fourth-order valence-electron chi connectivity index (χ4n) is 1.93. The Labute approximate surface area is 131 Å². The van der Waals surface area contributed by atoms with Gasteiger partial charge >= 0.3 is 0 Å². The third-order valence-electron chi connectivity index (χ3n) is 3.10. The molecule has 2 aromatic carbocycles. The summed E-state index contributed by atoms with van der Waals surface area (Å²) in [6.07, 6.45) is 1.10. The van der Waals surface area contributed by atoms with Crippen molar-refractivity contribution in [1.82, 2.24) is 14.2 Å². The number of nitro benzene ring substituents is 1. The number of non-ortho nitro benzene ring substituents is 1. The molecule has 0 aliphatic rings. The number of aromatic nitrogens is 3. The predicted molar refractivity (Wildman–Crippen MR) is 81.1 cm³/mol. The second kappa shape index (κ2) is 5.61. The van der Waals surface area contributed by atoms with Gasteiger partial charge in [0, 0.05) is 17.7 Å². The molecule has 3 aromatic rings. The Kier molecular flexibility index (Phi) is 3.62. The van der Waals surface area contributed by atoms with Gasteiger partial charge in [0.25, 0.3) is 15.7 Å². The molecule has 0 fully saturated rings. The van der Waals surface area contributed by atoms with Crippen LogP contribution in [0.5, 0.6) is 0 Å². The monoisotopic (exact) mass is 330 g/mol. The Balaban J connectivity index is 1.97. The molecule has 0 unspecified atom stereocenters. The van der Waals surface area contributed by atoms with Crippen LogP contribution in [-0.2, 0) is 10.0 Å². The highest BCUT2D eigenvalue weighted by Crippen LogP contribution is 2.19. The van der Waals surface area contributed by atoms with Gasteiger partial charge in [-0.25, -0.2) is 4.98 Å². The Morgan fingerprint density at radius 1 is 1.00 bits per heavy atom. The molecule has 0 amide bonds. The molecule has 0 saturated heterocycles. The zero-order valence-electron chi connectivity index (χ0n) is 11.6. The van der Waals surface area contributed by atoms with Crippen LogP contribution in [0.2, 0.25) is 0 Å². The summed E-state index contributed by atoms with van der Waals surface area (Å²) in [6.45, 7) is 0. The second-order valence-electron chi connectivity index (χ2n) is 4.56. The summed E-state index contributed by atoms with van der Waals surface area (Å²) in [5, 5.41) is 14.6. The summed E-state index contributed by atoms with van der Waals surface area (Å²) in [4.78, 5) is 13.9. The van der Waals surface area contributed by atoms with E-state index >= 15 is 0 Å². The first-order chi connectivity index (χ1) is 11.0. The van der Waals surface area contributed by atoms with E-state index in [4.69, 9.17) is 0 Å². The normalized spacial score (nSPS) is 11.3. The smallest absolute Gasteiger partial charge is 0.258 e. The molecule has 0 atom stereocenters. The van der Waals surface area contributed by atoms with Crippen molar-refractivity contribution < 1.29 is 13.3 Å². The highest BCUT2D eigenvalue weighted by Gasteiger charge is 2.20. The van der Waals surface area contributed by atoms with E-state index < -0.39 is 14.9 Å². The van der Waals surface area contributed by atoms with Gasteiger partial charge in [0.1, 0.15) is 6.33 Å². The molecule has 9 heteroatoms. The SMILES string of the molecule is O=[N+]([O-])c1ccc(S(=O)(=O)n2cnc(-c3ccccc3)n2)cc1. The number of nitrogens with zero attached hydrogens (tertiary/aromatic N) is 4. The Morgan fingerprint density at radius 3 is 2.26 bits per heavy atom. The van der Waals surface area contributed by atoms with Crippen LogP contribution < -0.4 is 0 Å². The van der Waals surface area contributed by atoms with E-state index in [1.54, 1.807) is 24.3 Å². The molecular weight excluding hydrogens is 320 g/mol. The minimum Gasteiger partial charge on any atom is -0.258 e. The summed E-state index contributed by atoms with van der Waals surface area (Å²) >= 11 is 0. The van der Waals surface area contributed by atoms with E-state index in [1.807, 2.05) is 6.07 Å². The van der Waals surface area contributed by atoms with Crippen LogP contribution in [0.15, 0.2) is 65.8 Å². The summed E-state index contributed by atoms with van der Waals surface area (Å²) in [5.41, 5.74) is 0.498. The van der Waals surface area contributed by atoms with Crippen LogP contribution in [0.25, 0.3) is 11.4 Å². The van der Waals surface area contributed by atoms with Gasteiger partial charge < -0.3 is 0 Å². The molecule has 1 heterocycles. The summed E-state index contributed by atoms with van der Waals surface area (Å²) < 4.78 is 25.6. The van der Waals surface area contributed by atoms with Crippen LogP contribution in [-0.4, -0.2) is 27.5 Å². The maximum absolute atomic E-state index is 12.5. The van der Waals surface area contributed by atoms with E-state index in [0.717, 1.165) is 34.7 Å². The molecule has 8 nitrogen and oxygen atoms in total. The summed E-state index contributed by atoms with van der Waals surface area (Å²) in [5.74, 6) is 0.274. The molecule has 0 aliphatic carbocycles. The fourth-order valence-corrected chi connectivity index (χ4v) is 2.98. The van der Waals surface area contributed by atoms with Gasteiger partial charge in [-0.15, -0.1) is 9.19 Å². The first-order valence-electron chi connectivity index (χ1n) is 6.45. The van der Waals surface area contributed by atoms with Crippen LogP contribution in [0.3, 0.4) is 0 Å². The fraction of sp³-hybridized carbons (Fsp3) is 0. The largest absolute Gasteiger partial charge is 0.284 e. The maximum atomic E-state index is 12.5. The van der Waals surface area contributed by atoms with Gasteiger partial charge in [0.15, 0.2) is 5.82 Å². The van der Waals surface area contributed by atoms with Crippen molar-refractivity contribution in [3.05, 3.63) is 71.0 Å². The lowest BCUT2D eigenvalue weighted by molar-refractivity contribution is -0.384. The number of rotatable bonds is 4. The second-order valence-corrected chi connectivity index (χ2v) is 6.36. The van der Waals surface area contributed by atoms with Crippen LogP contribution in [0.4, 0.5) is 5.69 Å². The van der Waals surface area contributed by atoms with Gasteiger partial charge in [0.2, 0.25) is 0 Å². The Bertz CT molecular complexity index is 950. The van der Waals surface area contributed by atoms with Gasteiger partial charge in [-0.3, -0.25) is 10.1 Å². The lowest BCUT2D eigenvalue weighted by atomic mass is 10.2. The number of benzene rings is 2. The molecule has 23 heavy (non-hydrogen) atoms. The molecule has 0 saturated carbocycles. The number of hydrogen-bond acceptors (Lipinski definition) is 6. The third kappa shape index (κ3) is 2.81. The molecule has 0 aliphatic heterocycles. The molecule has 0 bridgehead atoms. The van der Waals surface area contributed by atoms with E-state index in [2.05, 4.69) is 10.1 Å². The molecular formula is C14H10N4O4S. The standard InChI is InChI=1S/C14H10N4O4S/c19-18(20)12-6-8-13(9-7-12)23(21,22)17-10-15-14(16-17)11-4-2-1-3-5-11/h1-10H. The van der Waals surface area contributed by atoms with Crippen LogP contribution in [0.1, 0.15) is 0 Å². The van der Waals surface area contributed by atoms with Crippen molar-refractivity contribution in [3.8, 4) is 11.4 Å². The van der Waals surface area contributed by atoms with Crippen molar-refractivity contribution in [3.63, 3.8) is 0 Å². The summed E-state index contributed by atoms with van der Waals surface area (Å²) in [6, 6.07) is 13.5. The summed E-state index contributed by atoms with van der Waals surface area (Å²) in [7, 11) is -3.95. The zero-order chi connectivity index (χ0) is 16.4. The molecule has 3 rings (SSSR count). The average molecular weight is 330 g/mol. The van der Waals surface area contributed by atoms with Gasteiger partial charge in [-0.05, 0) is 12.1 Å². The van der Waals surface area contributed by atoms with E-state index in [1.165, 1.54) is 0 Å². The third-order valence-corrected chi connectivity index (χ3v) is 4.63. The molecule has 116 valence electrons. The number of hydrogen-bond donors (Lipinski definition) is 0. The van der Waals surface area contributed by atoms with Crippen LogP contribution >= 0.6 is 0 Å². The highest BCUT2D eigenvalue weighted by atomic mass is 32.2. The first-order valence-corrected chi connectivity index (χ1v) is 7.89. The van der Waals surface area contributed by atoms with Gasteiger partial charge in [-0.1, -0.05) is 30.3 Å². The Morgan fingerprint density at radius 2 is 1.65 bits per heavy atom. The minimum absolute atomic E-state index is 0.104. The lowest BCUT2D eigenvalue weighted by Gasteiger charge is -2.03. The Hall–Kier alpha value is -3.07. The van der Waals surface area contributed by atoms with Gasteiger partial charge in [-0.2, -0.15) is 8.42 Å². The van der Waals surface area contributed by atoms with E-state index in [0.29, 0.717) is 5.56 Å². The topological polar surface area (TPSA) is 108 Å². The molecule has 0 N–H and O–H groups in total. The lowest BCUT2D eigenvalue weighted by Crippen LogP contribution is -2.13. The number of nitro groups is 1. The molecule has 0 spiro atoms. The predicted octanol–water partition coefficient (Wildman–Crippen LogP) is 2.09. The zero-order valence-corrected chi connectivity index (χ0v) is 12.4. The highest BCUT2D eigenvalue weighted by molar-refractivity contribution is 7.89. The van der Waals surface area contributed by atoms with Crippen LogP contribution in [0, 0.1) is 10.1 Å². The molecule has 0 radical (unpaired) electrons. The quantitative estimate of drug-likeness (QED) is 0.535. The molecule has 1 aromatic heterocycles. The van der Waals surface area contributed by atoms with E-state index in [-0.39, 0.29) is 16.4 Å². The van der Waals surface area contributed by atoms with Crippen molar-refractivity contribution >= 4 is 15.7 Å². The van der Waals surface area contributed by atoms with Crippen molar-refractivity contribution in [1.29, 1.82) is 0 Å². The minimum atomic E-state index is -3.95. The first kappa shape index (κ1) is 14.9. The van der Waals surface area contributed by atoms with Crippen molar-refractivity contribution in [2.24, 2.45) is 0 Å². The van der Waals surface area contributed by atoms with E-state index in [9.17, 15) is 18.5 Å².